The summed E-state index contributed by atoms with van der Waals surface area (Å²) in [5.41, 5.74) is 0.199. The molecule has 1 aliphatic rings. The molecule has 0 bridgehead atoms. The monoisotopic (exact) mass is 347 g/mol. The highest BCUT2D eigenvalue weighted by molar-refractivity contribution is 6.35. The first-order valence-electron chi connectivity index (χ1n) is 6.92. The maximum Gasteiger partial charge on any atom is 0.295 e. The zero-order valence-electron chi connectivity index (χ0n) is 12.1. The number of amides is 1. The smallest absolute Gasteiger partial charge is 0.295 e. The lowest BCUT2D eigenvalue weighted by Gasteiger charge is -2.17. The molecule has 0 atom stereocenters. The standard InChI is InChI=1S/C15H10ClN3O5/c16-14-12(18(21)22)7-10(8-13(14)19(23)24)15(20)17-6-5-9-3-1-2-4-11(9)17/h1-4,7-8H,5-6H2. The Morgan fingerprint density at radius 2 is 1.67 bits per heavy atom. The van der Waals surface area contributed by atoms with Crippen molar-refractivity contribution in [3.8, 4) is 0 Å². The molecule has 0 spiro atoms. The average molecular weight is 348 g/mol. The number of nitro benzene ring substituents is 2. The molecule has 0 N–H and O–H groups in total. The second-order valence-electron chi connectivity index (χ2n) is 5.18. The molecule has 1 amide bonds. The van der Waals surface area contributed by atoms with Gasteiger partial charge in [0.15, 0.2) is 5.02 Å². The van der Waals surface area contributed by atoms with Gasteiger partial charge in [-0.05, 0) is 18.1 Å². The zero-order valence-corrected chi connectivity index (χ0v) is 12.9. The molecule has 1 aliphatic heterocycles. The van der Waals surface area contributed by atoms with Crippen molar-refractivity contribution in [2.75, 3.05) is 11.4 Å². The summed E-state index contributed by atoms with van der Waals surface area (Å²) in [7, 11) is 0. The van der Waals surface area contributed by atoms with Crippen LogP contribution in [0.4, 0.5) is 17.1 Å². The molecule has 1 heterocycles. The Labute approximate surface area is 140 Å². The highest BCUT2D eigenvalue weighted by Gasteiger charge is 2.31. The Morgan fingerprint density at radius 3 is 2.25 bits per heavy atom. The first-order chi connectivity index (χ1) is 11.4. The molecule has 0 aromatic heterocycles. The summed E-state index contributed by atoms with van der Waals surface area (Å²) in [6.45, 7) is 0.405. The van der Waals surface area contributed by atoms with Crippen LogP contribution in [0.25, 0.3) is 0 Å². The van der Waals surface area contributed by atoms with Gasteiger partial charge in [0.1, 0.15) is 0 Å². The third kappa shape index (κ3) is 2.56. The second kappa shape index (κ2) is 5.89. The molecule has 2 aromatic rings. The maximum absolute atomic E-state index is 12.7. The SMILES string of the molecule is O=C(c1cc([N+](=O)[O-])c(Cl)c([N+](=O)[O-])c1)N1CCc2ccccc21. The van der Waals surface area contributed by atoms with Gasteiger partial charge in [-0.1, -0.05) is 29.8 Å². The van der Waals surface area contributed by atoms with Crippen LogP contribution >= 0.6 is 11.6 Å². The molecule has 3 rings (SSSR count). The number of rotatable bonds is 3. The van der Waals surface area contributed by atoms with E-state index in [1.165, 1.54) is 4.90 Å². The van der Waals surface area contributed by atoms with E-state index in [-0.39, 0.29) is 5.56 Å². The molecule has 24 heavy (non-hydrogen) atoms. The number of para-hydroxylation sites is 1. The highest BCUT2D eigenvalue weighted by Crippen LogP contribution is 2.36. The Balaban J connectivity index is 2.08. The van der Waals surface area contributed by atoms with E-state index in [2.05, 4.69) is 0 Å². The fraction of sp³-hybridized carbons (Fsp3) is 0.133. The second-order valence-corrected chi connectivity index (χ2v) is 5.56. The number of hydrogen-bond donors (Lipinski definition) is 0. The summed E-state index contributed by atoms with van der Waals surface area (Å²) >= 11 is 5.71. The van der Waals surface area contributed by atoms with Crippen LogP contribution in [0, 0.1) is 20.2 Å². The summed E-state index contributed by atoms with van der Waals surface area (Å²) in [5.74, 6) is -0.539. The Hall–Kier alpha value is -3.00. The minimum atomic E-state index is -0.843. The van der Waals surface area contributed by atoms with Crippen molar-refractivity contribution in [3.05, 3.63) is 72.8 Å². The lowest BCUT2D eigenvalue weighted by atomic mass is 10.1. The summed E-state index contributed by atoms with van der Waals surface area (Å²) in [6, 6.07) is 9.22. The number of benzene rings is 2. The largest absolute Gasteiger partial charge is 0.308 e. The lowest BCUT2D eigenvalue weighted by Crippen LogP contribution is -2.29. The van der Waals surface area contributed by atoms with E-state index in [0.29, 0.717) is 18.7 Å². The summed E-state index contributed by atoms with van der Waals surface area (Å²) in [6.07, 6.45) is 0.652. The normalized spacial score (nSPS) is 12.8. The third-order valence-electron chi connectivity index (χ3n) is 3.81. The van der Waals surface area contributed by atoms with Gasteiger partial charge in [0.2, 0.25) is 0 Å². The molecule has 122 valence electrons. The number of fused-ring (bicyclic) bond motifs is 1. The van der Waals surface area contributed by atoms with Crippen LogP contribution in [0.1, 0.15) is 15.9 Å². The van der Waals surface area contributed by atoms with E-state index in [4.69, 9.17) is 11.6 Å². The van der Waals surface area contributed by atoms with Crippen molar-refractivity contribution in [1.82, 2.24) is 0 Å². The van der Waals surface area contributed by atoms with Crippen molar-refractivity contribution in [2.24, 2.45) is 0 Å². The molecule has 0 unspecified atom stereocenters. The van der Waals surface area contributed by atoms with E-state index in [9.17, 15) is 25.0 Å². The first kappa shape index (κ1) is 15.9. The lowest BCUT2D eigenvalue weighted by molar-refractivity contribution is -0.393. The van der Waals surface area contributed by atoms with Crippen LogP contribution < -0.4 is 4.90 Å². The number of halogens is 1. The molecule has 9 heteroatoms. The predicted octanol–water partition coefficient (Wildman–Crippen LogP) is 3.36. The number of carbonyl (C=O) groups is 1. The fourth-order valence-electron chi connectivity index (χ4n) is 2.69. The van der Waals surface area contributed by atoms with Crippen LogP contribution in [-0.4, -0.2) is 22.3 Å². The van der Waals surface area contributed by atoms with Gasteiger partial charge < -0.3 is 4.90 Å². The molecule has 0 saturated heterocycles. The minimum Gasteiger partial charge on any atom is -0.308 e. The Morgan fingerprint density at radius 1 is 1.08 bits per heavy atom. The van der Waals surface area contributed by atoms with Crippen LogP contribution in [0.2, 0.25) is 5.02 Å². The van der Waals surface area contributed by atoms with Gasteiger partial charge in [-0.15, -0.1) is 0 Å². The van der Waals surface area contributed by atoms with Crippen molar-refractivity contribution in [2.45, 2.75) is 6.42 Å². The number of carbonyl (C=O) groups excluding carboxylic acids is 1. The Kier molecular flexibility index (Phi) is 3.90. The summed E-state index contributed by atoms with van der Waals surface area (Å²) in [5, 5.41) is 21.5. The van der Waals surface area contributed by atoms with Gasteiger partial charge in [-0.25, -0.2) is 0 Å². The number of nitrogens with zero attached hydrogens (tertiary/aromatic N) is 3. The summed E-state index contributed by atoms with van der Waals surface area (Å²) in [4.78, 5) is 34.6. The van der Waals surface area contributed by atoms with Crippen molar-refractivity contribution in [3.63, 3.8) is 0 Å². The van der Waals surface area contributed by atoms with Gasteiger partial charge in [0.05, 0.1) is 15.4 Å². The molecule has 0 fully saturated rings. The maximum atomic E-state index is 12.7. The molecule has 0 saturated carbocycles. The van der Waals surface area contributed by atoms with Crippen LogP contribution in [0.15, 0.2) is 36.4 Å². The van der Waals surface area contributed by atoms with Gasteiger partial charge >= 0.3 is 0 Å². The Bertz CT molecular complexity index is 848. The van der Waals surface area contributed by atoms with Gasteiger partial charge in [-0.2, -0.15) is 0 Å². The van der Waals surface area contributed by atoms with E-state index >= 15 is 0 Å². The molecule has 8 nitrogen and oxygen atoms in total. The number of anilines is 1. The van der Waals surface area contributed by atoms with Crippen LogP contribution in [0.5, 0.6) is 0 Å². The average Bonchev–Trinajstić information content (AvgIpc) is 2.97. The topological polar surface area (TPSA) is 107 Å². The van der Waals surface area contributed by atoms with Crippen molar-refractivity contribution in [1.29, 1.82) is 0 Å². The zero-order chi connectivity index (χ0) is 17.4. The first-order valence-corrected chi connectivity index (χ1v) is 7.30. The molecule has 0 aliphatic carbocycles. The molecular weight excluding hydrogens is 338 g/mol. The van der Waals surface area contributed by atoms with E-state index in [1.54, 1.807) is 12.1 Å². The van der Waals surface area contributed by atoms with E-state index in [0.717, 1.165) is 17.7 Å². The molecule has 2 aromatic carbocycles. The van der Waals surface area contributed by atoms with Gasteiger partial charge in [0.25, 0.3) is 17.3 Å². The van der Waals surface area contributed by atoms with E-state index in [1.807, 2.05) is 12.1 Å². The minimum absolute atomic E-state index is 0.144. The van der Waals surface area contributed by atoms with Gasteiger partial charge in [0, 0.05) is 24.4 Å². The molecule has 0 radical (unpaired) electrons. The van der Waals surface area contributed by atoms with Crippen LogP contribution in [0.3, 0.4) is 0 Å². The number of nitro groups is 2. The van der Waals surface area contributed by atoms with E-state index < -0.39 is 32.2 Å². The van der Waals surface area contributed by atoms with Crippen molar-refractivity contribution >= 4 is 34.6 Å². The highest BCUT2D eigenvalue weighted by atomic mass is 35.5. The van der Waals surface area contributed by atoms with Crippen LogP contribution in [-0.2, 0) is 6.42 Å². The van der Waals surface area contributed by atoms with Crippen molar-refractivity contribution < 1.29 is 14.6 Å². The predicted molar refractivity (Wildman–Crippen MR) is 86.6 cm³/mol. The van der Waals surface area contributed by atoms with Gasteiger partial charge in [-0.3, -0.25) is 25.0 Å². The summed E-state index contributed by atoms with van der Waals surface area (Å²) < 4.78 is 0. The number of hydrogen-bond acceptors (Lipinski definition) is 5. The fourth-order valence-corrected chi connectivity index (χ4v) is 2.94. The third-order valence-corrected chi connectivity index (χ3v) is 4.19. The quantitative estimate of drug-likeness (QED) is 0.625. The molecular formula is C15H10ClN3O5.